The predicted octanol–water partition coefficient (Wildman–Crippen LogP) is 1.05. The molecule has 1 N–H and O–H groups in total. The van der Waals surface area contributed by atoms with Gasteiger partial charge in [0, 0.05) is 25.3 Å². The summed E-state index contributed by atoms with van der Waals surface area (Å²) in [6.07, 6.45) is 0.757. The number of hydrogen-bond acceptors (Lipinski definition) is 4. The number of ether oxygens (including phenoxy) is 2. The van der Waals surface area contributed by atoms with Crippen molar-refractivity contribution in [3.63, 3.8) is 0 Å². The summed E-state index contributed by atoms with van der Waals surface area (Å²) in [4.78, 5) is 14.1. The van der Waals surface area contributed by atoms with Crippen molar-refractivity contribution < 1.29 is 19.4 Å². The van der Waals surface area contributed by atoms with Gasteiger partial charge in [0.15, 0.2) is 0 Å². The SMILES string of the molecule is COc1ccccc1CN(CCO)C(=O)[C@@H]1CCOC1. The fourth-order valence-electron chi connectivity index (χ4n) is 2.41. The van der Waals surface area contributed by atoms with E-state index in [1.165, 1.54) is 0 Å². The molecule has 0 radical (unpaired) electrons. The molecule has 1 aliphatic rings. The molecule has 0 bridgehead atoms. The van der Waals surface area contributed by atoms with Crippen LogP contribution in [0.1, 0.15) is 12.0 Å². The third-order valence-corrected chi connectivity index (χ3v) is 3.51. The van der Waals surface area contributed by atoms with Gasteiger partial charge in [0.05, 0.1) is 26.2 Å². The summed E-state index contributed by atoms with van der Waals surface area (Å²) in [5.41, 5.74) is 0.940. The van der Waals surface area contributed by atoms with E-state index >= 15 is 0 Å². The van der Waals surface area contributed by atoms with Gasteiger partial charge >= 0.3 is 0 Å². The number of carbonyl (C=O) groups is 1. The zero-order valence-corrected chi connectivity index (χ0v) is 11.7. The van der Waals surface area contributed by atoms with Crippen LogP contribution in [0.3, 0.4) is 0 Å². The van der Waals surface area contributed by atoms with E-state index < -0.39 is 0 Å². The van der Waals surface area contributed by atoms with Crippen molar-refractivity contribution in [3.05, 3.63) is 29.8 Å². The van der Waals surface area contributed by atoms with Crippen LogP contribution in [-0.4, -0.2) is 49.4 Å². The summed E-state index contributed by atoms with van der Waals surface area (Å²) in [5.74, 6) is 0.713. The lowest BCUT2D eigenvalue weighted by Gasteiger charge is -2.25. The minimum absolute atomic E-state index is 0.0439. The Kier molecular flexibility index (Phi) is 5.38. The van der Waals surface area contributed by atoms with Gasteiger partial charge in [-0.2, -0.15) is 0 Å². The van der Waals surface area contributed by atoms with Gasteiger partial charge in [-0.05, 0) is 12.5 Å². The molecule has 0 spiro atoms. The molecule has 1 aromatic carbocycles. The molecule has 5 nitrogen and oxygen atoms in total. The van der Waals surface area contributed by atoms with E-state index in [1.807, 2.05) is 24.3 Å². The zero-order chi connectivity index (χ0) is 14.4. The maximum atomic E-state index is 12.4. The molecule has 110 valence electrons. The normalized spacial score (nSPS) is 18.0. The van der Waals surface area contributed by atoms with Crippen LogP contribution in [0.15, 0.2) is 24.3 Å². The van der Waals surface area contributed by atoms with Gasteiger partial charge in [-0.15, -0.1) is 0 Å². The van der Waals surface area contributed by atoms with Gasteiger partial charge in [-0.25, -0.2) is 0 Å². The fraction of sp³-hybridized carbons (Fsp3) is 0.533. The molecule has 20 heavy (non-hydrogen) atoms. The van der Waals surface area contributed by atoms with Crippen molar-refractivity contribution >= 4 is 5.91 Å². The van der Waals surface area contributed by atoms with Crippen molar-refractivity contribution in [1.29, 1.82) is 0 Å². The van der Waals surface area contributed by atoms with Crippen LogP contribution in [0, 0.1) is 5.92 Å². The zero-order valence-electron chi connectivity index (χ0n) is 11.7. The van der Waals surface area contributed by atoms with Crippen LogP contribution in [0.4, 0.5) is 0 Å². The Labute approximate surface area is 119 Å². The molecule has 1 amide bonds. The maximum Gasteiger partial charge on any atom is 0.228 e. The minimum Gasteiger partial charge on any atom is -0.496 e. The van der Waals surface area contributed by atoms with E-state index in [2.05, 4.69) is 0 Å². The second-order valence-corrected chi connectivity index (χ2v) is 4.86. The largest absolute Gasteiger partial charge is 0.496 e. The van der Waals surface area contributed by atoms with Crippen LogP contribution in [-0.2, 0) is 16.1 Å². The van der Waals surface area contributed by atoms with Crippen LogP contribution in [0.25, 0.3) is 0 Å². The van der Waals surface area contributed by atoms with E-state index in [0.717, 1.165) is 17.7 Å². The number of hydrogen-bond donors (Lipinski definition) is 1. The lowest BCUT2D eigenvalue weighted by molar-refractivity contribution is -0.136. The topological polar surface area (TPSA) is 59.0 Å². The monoisotopic (exact) mass is 279 g/mol. The van der Waals surface area contributed by atoms with Crippen LogP contribution >= 0.6 is 0 Å². The van der Waals surface area contributed by atoms with Gasteiger partial charge in [0.25, 0.3) is 0 Å². The number of para-hydroxylation sites is 1. The highest BCUT2D eigenvalue weighted by Crippen LogP contribution is 2.22. The van der Waals surface area contributed by atoms with Gasteiger partial charge in [0.2, 0.25) is 5.91 Å². The Hall–Kier alpha value is -1.59. The van der Waals surface area contributed by atoms with E-state index in [0.29, 0.717) is 26.3 Å². The number of aliphatic hydroxyl groups is 1. The highest BCUT2D eigenvalue weighted by Gasteiger charge is 2.28. The van der Waals surface area contributed by atoms with Crippen molar-refractivity contribution in [2.45, 2.75) is 13.0 Å². The standard InChI is InChI=1S/C15H21NO4/c1-19-14-5-3-2-4-12(14)10-16(7-8-17)15(18)13-6-9-20-11-13/h2-5,13,17H,6-11H2,1H3/t13-/m1/s1. The van der Waals surface area contributed by atoms with Crippen molar-refractivity contribution in [3.8, 4) is 5.75 Å². The van der Waals surface area contributed by atoms with Gasteiger partial charge in [0.1, 0.15) is 5.75 Å². The van der Waals surface area contributed by atoms with E-state index in [-0.39, 0.29) is 18.4 Å². The van der Waals surface area contributed by atoms with Crippen LogP contribution < -0.4 is 4.74 Å². The quantitative estimate of drug-likeness (QED) is 0.845. The number of rotatable bonds is 6. The van der Waals surface area contributed by atoms with Crippen molar-refractivity contribution in [2.75, 3.05) is 33.5 Å². The summed E-state index contributed by atoms with van der Waals surface area (Å²) in [6, 6.07) is 7.61. The molecule has 1 atom stereocenters. The van der Waals surface area contributed by atoms with E-state index in [9.17, 15) is 9.90 Å². The smallest absolute Gasteiger partial charge is 0.228 e. The molecule has 1 aliphatic heterocycles. The van der Waals surface area contributed by atoms with Gasteiger partial charge < -0.3 is 19.5 Å². The average Bonchev–Trinajstić information content (AvgIpc) is 3.01. The van der Waals surface area contributed by atoms with Crippen LogP contribution in [0.2, 0.25) is 0 Å². The minimum atomic E-state index is -0.0868. The summed E-state index contributed by atoms with van der Waals surface area (Å²) >= 11 is 0. The molecule has 2 rings (SSSR count). The Bertz CT molecular complexity index is 443. The average molecular weight is 279 g/mol. The van der Waals surface area contributed by atoms with Crippen molar-refractivity contribution in [1.82, 2.24) is 4.90 Å². The lowest BCUT2D eigenvalue weighted by atomic mass is 10.1. The first-order valence-electron chi connectivity index (χ1n) is 6.85. The summed E-state index contributed by atoms with van der Waals surface area (Å²) in [6.45, 7) is 1.84. The summed E-state index contributed by atoms with van der Waals surface area (Å²) in [7, 11) is 1.61. The van der Waals surface area contributed by atoms with E-state index in [1.54, 1.807) is 12.0 Å². The number of nitrogens with zero attached hydrogens (tertiary/aromatic N) is 1. The van der Waals surface area contributed by atoms with Crippen molar-refractivity contribution in [2.24, 2.45) is 5.92 Å². The Morgan fingerprint density at radius 2 is 2.30 bits per heavy atom. The number of aliphatic hydroxyl groups excluding tert-OH is 1. The molecule has 0 aromatic heterocycles. The lowest BCUT2D eigenvalue weighted by Crippen LogP contribution is -2.38. The second kappa shape index (κ2) is 7.26. The molecule has 0 saturated carbocycles. The first kappa shape index (κ1) is 14.8. The molecular formula is C15H21NO4. The highest BCUT2D eigenvalue weighted by molar-refractivity contribution is 5.79. The summed E-state index contributed by atoms with van der Waals surface area (Å²) in [5, 5.41) is 9.18. The molecule has 1 saturated heterocycles. The number of benzene rings is 1. The number of methoxy groups -OCH3 is 1. The third-order valence-electron chi connectivity index (χ3n) is 3.51. The predicted molar refractivity (Wildman–Crippen MR) is 74.4 cm³/mol. The second-order valence-electron chi connectivity index (χ2n) is 4.86. The molecule has 1 heterocycles. The fourth-order valence-corrected chi connectivity index (χ4v) is 2.41. The molecule has 0 unspecified atom stereocenters. The van der Waals surface area contributed by atoms with Crippen LogP contribution in [0.5, 0.6) is 5.75 Å². The first-order valence-corrected chi connectivity index (χ1v) is 6.85. The molecule has 0 aliphatic carbocycles. The maximum absolute atomic E-state index is 12.4. The molecule has 5 heteroatoms. The highest BCUT2D eigenvalue weighted by atomic mass is 16.5. The Morgan fingerprint density at radius 1 is 1.50 bits per heavy atom. The Balaban J connectivity index is 2.10. The molecule has 1 fully saturated rings. The summed E-state index contributed by atoms with van der Waals surface area (Å²) < 4.78 is 10.6. The first-order chi connectivity index (χ1) is 9.76. The molecule has 1 aromatic rings. The Morgan fingerprint density at radius 3 is 2.95 bits per heavy atom. The van der Waals surface area contributed by atoms with Gasteiger partial charge in [-0.3, -0.25) is 4.79 Å². The van der Waals surface area contributed by atoms with E-state index in [4.69, 9.17) is 9.47 Å². The number of carbonyl (C=O) groups excluding carboxylic acids is 1. The number of amides is 1. The third kappa shape index (κ3) is 3.49. The molecular weight excluding hydrogens is 258 g/mol. The van der Waals surface area contributed by atoms with Gasteiger partial charge in [-0.1, -0.05) is 18.2 Å².